The Bertz CT molecular complexity index is 6480. The highest BCUT2D eigenvalue weighted by Gasteiger charge is 2.43. The van der Waals surface area contributed by atoms with Gasteiger partial charge in [-0.15, -0.1) is 0 Å². The van der Waals surface area contributed by atoms with E-state index in [-0.39, 0.29) is 30.0 Å². The van der Waals surface area contributed by atoms with Gasteiger partial charge in [-0.05, 0) is 118 Å². The van der Waals surface area contributed by atoms with E-state index in [1.165, 1.54) is 22.3 Å². The van der Waals surface area contributed by atoms with Crippen LogP contribution in [0.3, 0.4) is 0 Å². The molecule has 5 unspecified atom stereocenters. The van der Waals surface area contributed by atoms with Crippen LogP contribution in [0.1, 0.15) is 59.2 Å². The molecule has 23 rings (SSSR count). The van der Waals surface area contributed by atoms with Crippen LogP contribution in [0.15, 0.2) is 392 Å². The van der Waals surface area contributed by atoms with E-state index in [2.05, 4.69) is 206 Å². The molecule has 0 spiro atoms. The van der Waals surface area contributed by atoms with Crippen LogP contribution in [0.25, 0.3) is 117 Å². The van der Waals surface area contributed by atoms with Crippen LogP contribution in [0, 0.1) is 5.92 Å². The summed E-state index contributed by atoms with van der Waals surface area (Å²) in [6.07, 6.45) is 32.7. The minimum Gasteiger partial charge on any atom is -0.484 e. The van der Waals surface area contributed by atoms with E-state index >= 15 is 0 Å². The van der Waals surface area contributed by atoms with Crippen LogP contribution in [0.4, 0.5) is 0 Å². The molecule has 14 heteroatoms. The minimum atomic E-state index is -0.328. The molecule has 0 amide bonds. The van der Waals surface area contributed by atoms with E-state index in [0.717, 1.165) is 159 Å². The smallest absolute Gasteiger partial charge is 0.182 e. The Morgan fingerprint density at radius 3 is 1.43 bits per heavy atom. The third-order valence-corrected chi connectivity index (χ3v) is 22.3. The highest BCUT2D eigenvalue weighted by molar-refractivity contribution is 6.17. The third-order valence-electron chi connectivity index (χ3n) is 22.3. The quantitative estimate of drug-likeness (QED) is 0.130. The Balaban J connectivity index is 0.000000110. The van der Waals surface area contributed by atoms with Gasteiger partial charge >= 0.3 is 0 Å². The number of fused-ring (bicyclic) bond motifs is 6. The summed E-state index contributed by atoms with van der Waals surface area (Å²) in [5.74, 6) is 10.4. The van der Waals surface area contributed by atoms with E-state index in [1.54, 1.807) is 0 Å². The summed E-state index contributed by atoms with van der Waals surface area (Å²) in [6, 6.07) is 94.6. The van der Waals surface area contributed by atoms with E-state index < -0.39 is 0 Å². The monoisotopic (exact) mass is 1510 g/mol. The fraction of sp³-hybridized carbons (Fsp3) is 0.0680. The van der Waals surface area contributed by atoms with Crippen molar-refractivity contribution in [1.82, 2.24) is 45.2 Å². The summed E-state index contributed by atoms with van der Waals surface area (Å²) in [5, 5.41) is 8.03. The van der Waals surface area contributed by atoms with Crippen molar-refractivity contribution in [3.05, 3.63) is 410 Å². The number of amidine groups is 2. The van der Waals surface area contributed by atoms with Crippen molar-refractivity contribution in [2.45, 2.75) is 36.9 Å². The van der Waals surface area contributed by atoms with Crippen molar-refractivity contribution in [3.63, 3.8) is 0 Å². The summed E-state index contributed by atoms with van der Waals surface area (Å²) in [6.45, 7) is 0. The molecule has 14 nitrogen and oxygen atoms in total. The predicted molar refractivity (Wildman–Crippen MR) is 466 cm³/mol. The highest BCUT2D eigenvalue weighted by atomic mass is 16.5. The van der Waals surface area contributed by atoms with Crippen molar-refractivity contribution in [1.29, 1.82) is 0 Å². The molecule has 0 radical (unpaired) electrons. The summed E-state index contributed by atoms with van der Waals surface area (Å²) < 4.78 is 19.2. The number of nitrogens with zero attached hydrogens (tertiary/aromatic N) is 10. The van der Waals surface area contributed by atoms with Crippen LogP contribution >= 0.6 is 0 Å². The van der Waals surface area contributed by atoms with Gasteiger partial charge in [-0.2, -0.15) is 0 Å². The van der Waals surface area contributed by atoms with Crippen LogP contribution < -0.4 is 19.5 Å². The van der Waals surface area contributed by atoms with E-state index in [9.17, 15) is 0 Å². The van der Waals surface area contributed by atoms with Gasteiger partial charge in [0, 0.05) is 90.6 Å². The number of rotatable bonds is 11. The molecule has 15 aromatic rings. The van der Waals surface area contributed by atoms with Gasteiger partial charge in [-0.3, -0.25) is 9.97 Å². The van der Waals surface area contributed by atoms with Crippen LogP contribution in [-0.2, 0) is 0 Å². The standard InChI is InChI=1S/2C36H24N4O.C31H23N3O/c1-3-10-23(11-4-1)34-38-35(24-12-5-2-6-13-24)40-36(39-34)25-18-20-30(37-22-25)26-19-21-32-33-28(26)15-9-16-29(33)27-14-7-8-17-31(27)41-32;1-3-10-23(11-4-1)34-38-35(24-12-5-2-6-13-24)40-36(39-34)30-20-18-25(22-37-30)26-19-21-32-33-28(26)15-9-16-29(33)27-14-7-8-17-31(27)41-32;1-3-10-21(11-4-1)29-32-30(22-12-5-2-6-13-22)34-31(33-29)25-19-18-20-14-9-16-24-23-15-7-8-17-26(23)35-28(25)27(20)24/h2*1-12,14-22,24H,13H2;1-19,27-29H,(H,32,33,34). The van der Waals surface area contributed by atoms with Gasteiger partial charge in [0.1, 0.15) is 63.9 Å². The van der Waals surface area contributed by atoms with E-state index in [4.69, 9.17) is 64.1 Å². The van der Waals surface area contributed by atoms with Gasteiger partial charge in [0.2, 0.25) is 0 Å². The molecule has 0 fully saturated rings. The maximum Gasteiger partial charge on any atom is 0.182 e. The lowest BCUT2D eigenvalue weighted by Crippen LogP contribution is -2.45. The maximum absolute atomic E-state index is 6.68. The van der Waals surface area contributed by atoms with Gasteiger partial charge in [-0.1, -0.05) is 297 Å². The molecule has 11 aromatic carbocycles. The molecule has 5 atom stereocenters. The maximum atomic E-state index is 6.68. The predicted octanol–water partition coefficient (Wildman–Crippen LogP) is 23.6. The van der Waals surface area contributed by atoms with E-state index in [0.29, 0.717) is 29.0 Å². The number of aromatic nitrogens is 8. The Hall–Kier alpha value is -15.3. The van der Waals surface area contributed by atoms with E-state index in [1.807, 2.05) is 170 Å². The molecule has 117 heavy (non-hydrogen) atoms. The largest absolute Gasteiger partial charge is 0.484 e. The SMILES string of the molecule is C1=CC2=CC=C(C3=NC(c4ccccc4)N=C(c4ccccc4)N3)C3Oc4ccccc4C(=C1)C23.C1=CCC(c2nc(-c3ccccc3)nc(-c3ccc(-c4ccc5c6c(cccc46)-c4ccccc4O5)cn3)n2)C=C1.C1=CCC(c2nc(-c3ccccc3)nc(-c3ccc(-c4ccc5c6c(cccc46)-c4ccccc4O5)nc3)n2)C=C1. The van der Waals surface area contributed by atoms with Crippen molar-refractivity contribution in [2.24, 2.45) is 15.9 Å². The second-order valence-electron chi connectivity index (χ2n) is 29.5. The molecular weight excluding hydrogens is 1440 g/mol. The van der Waals surface area contributed by atoms with Crippen molar-refractivity contribution < 1.29 is 14.2 Å². The first-order chi connectivity index (χ1) is 58.0. The number of allylic oxidation sites excluding steroid dienone is 13. The van der Waals surface area contributed by atoms with Crippen LogP contribution in [-0.4, -0.2) is 57.6 Å². The minimum absolute atomic E-state index is 0.105. The number of ether oxygens (including phenoxy) is 3. The highest BCUT2D eigenvalue weighted by Crippen LogP contribution is 2.52. The number of pyridine rings is 2. The Labute approximate surface area is 675 Å². The zero-order chi connectivity index (χ0) is 77.5. The average molecular weight is 1510 g/mol. The molecule has 4 aliphatic heterocycles. The molecule has 4 aromatic heterocycles. The Morgan fingerprint density at radius 2 is 0.829 bits per heavy atom. The second-order valence-corrected chi connectivity index (χ2v) is 29.5. The van der Waals surface area contributed by atoms with Crippen LogP contribution in [0.5, 0.6) is 28.7 Å². The molecule has 0 saturated heterocycles. The number of para-hydroxylation sites is 3. The van der Waals surface area contributed by atoms with Crippen molar-refractivity contribution >= 4 is 38.8 Å². The fourth-order valence-corrected chi connectivity index (χ4v) is 16.6. The Morgan fingerprint density at radius 1 is 0.325 bits per heavy atom. The molecule has 556 valence electrons. The molecule has 1 N–H and O–H groups in total. The third kappa shape index (κ3) is 13.4. The lowest BCUT2D eigenvalue weighted by Gasteiger charge is -2.41. The normalized spacial score (nSPS) is 17.6. The van der Waals surface area contributed by atoms with Gasteiger partial charge in [0.15, 0.2) is 29.5 Å². The molecule has 8 aliphatic rings. The molecule has 0 saturated carbocycles. The topological polar surface area (TPSA) is 168 Å². The lowest BCUT2D eigenvalue weighted by atomic mass is 9.73. The second kappa shape index (κ2) is 30.3. The van der Waals surface area contributed by atoms with Gasteiger partial charge in [0.25, 0.3) is 0 Å². The number of nitrogens with one attached hydrogen (secondary N) is 1. The van der Waals surface area contributed by atoms with Crippen molar-refractivity contribution in [2.75, 3.05) is 0 Å². The average Bonchev–Trinajstić information content (AvgIpc) is 0.746. The summed E-state index contributed by atoms with van der Waals surface area (Å²) in [7, 11) is 0. The van der Waals surface area contributed by atoms with Crippen LogP contribution in [0.2, 0.25) is 0 Å². The lowest BCUT2D eigenvalue weighted by molar-refractivity contribution is 0.203. The summed E-state index contributed by atoms with van der Waals surface area (Å²) >= 11 is 0. The fourth-order valence-electron chi connectivity index (χ4n) is 16.6. The first kappa shape index (κ1) is 69.6. The summed E-state index contributed by atoms with van der Waals surface area (Å²) in [5.41, 5.74) is 19.0. The number of hydrogen-bond donors (Lipinski definition) is 1. The first-order valence-corrected chi connectivity index (χ1v) is 39.5. The molecule has 4 aliphatic carbocycles. The van der Waals surface area contributed by atoms with Gasteiger partial charge < -0.3 is 19.5 Å². The number of benzene rings is 11. The molecule has 8 heterocycles. The number of hydrogen-bond acceptors (Lipinski definition) is 14. The van der Waals surface area contributed by atoms with Gasteiger partial charge in [0.05, 0.1) is 11.6 Å². The first-order valence-electron chi connectivity index (χ1n) is 39.5. The van der Waals surface area contributed by atoms with Crippen molar-refractivity contribution in [3.8, 4) is 119 Å². The Kier molecular flexibility index (Phi) is 18.1. The van der Waals surface area contributed by atoms with Gasteiger partial charge in [-0.25, -0.2) is 39.9 Å². The summed E-state index contributed by atoms with van der Waals surface area (Å²) in [4.78, 5) is 49.0. The zero-order valence-corrected chi connectivity index (χ0v) is 63.2. The number of aliphatic imine (C=N–C) groups is 2. The molecule has 0 bridgehead atoms. The molecular formula is C103H71N11O3. The zero-order valence-electron chi connectivity index (χ0n) is 63.2.